The molecule has 262 valence electrons. The Kier molecular flexibility index (Phi) is 10.3. The zero-order chi connectivity index (χ0) is 36.1. The fourth-order valence-corrected chi connectivity index (χ4v) is 8.89. The highest BCUT2D eigenvalue weighted by atomic mass is 32.1. The number of nitrogens with zero attached hydrogens (tertiary/aromatic N) is 2. The van der Waals surface area contributed by atoms with Crippen LogP contribution in [0.3, 0.4) is 0 Å². The summed E-state index contributed by atoms with van der Waals surface area (Å²) in [7, 11) is 0. The monoisotopic (exact) mass is 706 g/mol. The molecule has 0 bridgehead atoms. The Labute approximate surface area is 319 Å². The van der Waals surface area contributed by atoms with Crippen LogP contribution in [-0.2, 0) is 6.42 Å². The smallest absolute Gasteiger partial charge is 0.160 e. The Hall–Kier alpha value is -5.30. The highest BCUT2D eigenvalue weighted by Crippen LogP contribution is 2.39. The van der Waals surface area contributed by atoms with E-state index in [0.717, 1.165) is 96.4 Å². The van der Waals surface area contributed by atoms with Crippen molar-refractivity contribution in [3.63, 3.8) is 0 Å². The standard InChI is InChI=1S/C50H46N2S/c1-4-34(2)49(43-32-41(37-20-10-6-11-21-37)31-42(33-43)38-22-12-7-13-23-38)52-50(45-27-17-29-47-48(45)44-26-14-15-28-46(44)53-47)51-35(3)39-24-16-25-40(30-39)36-18-8-5-9-19-36/h6,10-12,14,16-18,20,22-27,29-33,37H,4-5,7-8,13,15,21,28H2,1-3H3/b49-34-,51-35+,52-50-/t37-/m0/s1. The number of allylic oxidation sites excluding steroid dienone is 12. The van der Waals surface area contributed by atoms with Crippen LogP contribution in [0.15, 0.2) is 131 Å². The van der Waals surface area contributed by atoms with E-state index in [0.29, 0.717) is 5.92 Å². The molecule has 1 atom stereocenters. The van der Waals surface area contributed by atoms with E-state index in [-0.39, 0.29) is 0 Å². The summed E-state index contributed by atoms with van der Waals surface area (Å²) >= 11 is 1.92. The van der Waals surface area contributed by atoms with Gasteiger partial charge >= 0.3 is 0 Å². The van der Waals surface area contributed by atoms with Crippen LogP contribution >= 0.6 is 11.3 Å². The molecule has 2 nitrogen and oxygen atoms in total. The van der Waals surface area contributed by atoms with Crippen molar-refractivity contribution < 1.29 is 0 Å². The van der Waals surface area contributed by atoms with E-state index in [1.165, 1.54) is 42.8 Å². The minimum absolute atomic E-state index is 0.327. The lowest BCUT2D eigenvalue weighted by atomic mass is 9.87. The van der Waals surface area contributed by atoms with E-state index in [1.54, 1.807) is 0 Å². The first-order valence-electron chi connectivity index (χ1n) is 19.3. The number of fused-ring (bicyclic) bond motifs is 3. The molecule has 0 N–H and O–H groups in total. The molecule has 0 fully saturated rings. The third-order valence-corrected chi connectivity index (χ3v) is 11.9. The average molecular weight is 707 g/mol. The van der Waals surface area contributed by atoms with Gasteiger partial charge in [0.2, 0.25) is 0 Å². The third kappa shape index (κ3) is 7.48. The van der Waals surface area contributed by atoms with E-state index in [9.17, 15) is 0 Å². The zero-order valence-electron chi connectivity index (χ0n) is 31.1. The molecule has 0 spiro atoms. The van der Waals surface area contributed by atoms with Crippen LogP contribution in [0.5, 0.6) is 0 Å². The highest BCUT2D eigenvalue weighted by molar-refractivity contribution is 7.19. The van der Waals surface area contributed by atoms with Gasteiger partial charge < -0.3 is 0 Å². The van der Waals surface area contributed by atoms with Crippen molar-refractivity contribution in [3.8, 4) is 11.8 Å². The SMILES string of the molecule is CC\C(C)=C(/N=C(\N=C(/C)c1cccc(C2=CCCC#C2)c1)c1cccc2sc3c(c12)C=CCC3)c1cc(C2=CCCC=C2)cc([C@H]2C=CC=CC2)c1. The van der Waals surface area contributed by atoms with Gasteiger partial charge in [-0.1, -0.05) is 116 Å². The molecule has 0 amide bonds. The normalized spacial score (nSPS) is 18.7. The second kappa shape index (κ2) is 15.7. The Bertz CT molecular complexity index is 2430. The summed E-state index contributed by atoms with van der Waals surface area (Å²) in [6.45, 7) is 6.60. The van der Waals surface area contributed by atoms with Gasteiger partial charge in [-0.25, -0.2) is 9.98 Å². The molecule has 8 rings (SSSR count). The van der Waals surface area contributed by atoms with Crippen LogP contribution in [0.2, 0.25) is 0 Å². The zero-order valence-corrected chi connectivity index (χ0v) is 31.9. The number of hydrogen-bond donors (Lipinski definition) is 0. The Morgan fingerprint density at radius 1 is 0.830 bits per heavy atom. The summed E-state index contributed by atoms with van der Waals surface area (Å²) in [5, 5.41) is 1.26. The molecule has 0 radical (unpaired) electrons. The van der Waals surface area contributed by atoms with Crippen molar-refractivity contribution in [1.29, 1.82) is 0 Å². The average Bonchev–Trinajstić information content (AvgIpc) is 3.62. The van der Waals surface area contributed by atoms with E-state index in [4.69, 9.17) is 9.98 Å². The van der Waals surface area contributed by atoms with Crippen molar-refractivity contribution in [3.05, 3.63) is 165 Å². The molecule has 1 heterocycles. The number of hydrogen-bond acceptors (Lipinski definition) is 2. The number of thiophene rings is 1. The maximum absolute atomic E-state index is 5.70. The predicted octanol–water partition coefficient (Wildman–Crippen LogP) is 13.5. The van der Waals surface area contributed by atoms with E-state index in [1.807, 2.05) is 11.3 Å². The van der Waals surface area contributed by atoms with Crippen molar-refractivity contribution in [2.24, 2.45) is 9.98 Å². The highest BCUT2D eigenvalue weighted by Gasteiger charge is 2.21. The second-order valence-corrected chi connectivity index (χ2v) is 15.5. The van der Waals surface area contributed by atoms with Crippen molar-refractivity contribution in [1.82, 2.24) is 0 Å². The number of aryl methyl sites for hydroxylation is 1. The molecule has 3 heteroatoms. The molecule has 53 heavy (non-hydrogen) atoms. The van der Waals surface area contributed by atoms with Gasteiger partial charge in [0.25, 0.3) is 0 Å². The van der Waals surface area contributed by atoms with E-state index in [2.05, 4.69) is 154 Å². The van der Waals surface area contributed by atoms with Gasteiger partial charge in [-0.15, -0.1) is 11.3 Å². The molecule has 4 aliphatic rings. The lowest BCUT2D eigenvalue weighted by molar-refractivity contribution is 0.852. The number of aliphatic imine (C=N–C) groups is 2. The summed E-state index contributed by atoms with van der Waals surface area (Å²) in [6.07, 6.45) is 31.0. The van der Waals surface area contributed by atoms with Gasteiger partial charge in [-0.05, 0) is 122 Å². The van der Waals surface area contributed by atoms with Crippen LogP contribution in [-0.4, -0.2) is 11.5 Å². The third-order valence-electron chi connectivity index (χ3n) is 10.7. The molecule has 4 aromatic rings. The number of benzene rings is 3. The first-order valence-corrected chi connectivity index (χ1v) is 20.1. The van der Waals surface area contributed by atoms with E-state index >= 15 is 0 Å². The van der Waals surface area contributed by atoms with Gasteiger partial charge in [0.15, 0.2) is 5.84 Å². The minimum atomic E-state index is 0.327. The molecule has 0 aliphatic heterocycles. The summed E-state index contributed by atoms with van der Waals surface area (Å²) < 4.78 is 1.29. The topological polar surface area (TPSA) is 24.7 Å². The Balaban J connectivity index is 1.34. The molecular formula is C50H46N2S. The summed E-state index contributed by atoms with van der Waals surface area (Å²) in [5.74, 6) is 7.72. The molecular weight excluding hydrogens is 661 g/mol. The molecule has 1 aromatic heterocycles. The second-order valence-electron chi connectivity index (χ2n) is 14.4. The molecule has 4 aliphatic carbocycles. The summed E-state index contributed by atoms with van der Waals surface area (Å²) in [4.78, 5) is 12.7. The van der Waals surface area contributed by atoms with Gasteiger partial charge in [0.05, 0.1) is 5.70 Å². The first kappa shape index (κ1) is 34.8. The van der Waals surface area contributed by atoms with Gasteiger partial charge in [-0.2, -0.15) is 0 Å². The molecule has 0 saturated heterocycles. The largest absolute Gasteiger partial charge is 0.233 e. The Morgan fingerprint density at radius 2 is 1.72 bits per heavy atom. The first-order chi connectivity index (χ1) is 26.1. The van der Waals surface area contributed by atoms with Gasteiger partial charge in [0.1, 0.15) is 0 Å². The quantitative estimate of drug-likeness (QED) is 0.0990. The van der Waals surface area contributed by atoms with Gasteiger partial charge in [0, 0.05) is 49.7 Å². The Morgan fingerprint density at radius 3 is 2.53 bits per heavy atom. The van der Waals surface area contributed by atoms with Crippen molar-refractivity contribution in [2.75, 3.05) is 0 Å². The van der Waals surface area contributed by atoms with Crippen molar-refractivity contribution >= 4 is 55.9 Å². The van der Waals surface area contributed by atoms with Gasteiger partial charge in [-0.3, -0.25) is 0 Å². The minimum Gasteiger partial charge on any atom is -0.233 e. The summed E-state index contributed by atoms with van der Waals surface area (Å²) in [6, 6.07) is 22.5. The predicted molar refractivity (Wildman–Crippen MR) is 231 cm³/mol. The molecule has 0 unspecified atom stereocenters. The molecule has 3 aromatic carbocycles. The van der Waals surface area contributed by atoms with Crippen molar-refractivity contribution in [2.45, 2.75) is 78.1 Å². The maximum Gasteiger partial charge on any atom is 0.160 e. The maximum atomic E-state index is 5.70. The lowest BCUT2D eigenvalue weighted by Crippen LogP contribution is -2.07. The van der Waals surface area contributed by atoms with Crippen LogP contribution in [0.4, 0.5) is 0 Å². The molecule has 0 saturated carbocycles. The number of rotatable bonds is 8. The number of amidine groups is 1. The lowest BCUT2D eigenvalue weighted by Gasteiger charge is -2.19. The fourth-order valence-electron chi connectivity index (χ4n) is 7.66. The van der Waals surface area contributed by atoms with E-state index < -0.39 is 0 Å². The van der Waals surface area contributed by atoms with Crippen LogP contribution in [0, 0.1) is 11.8 Å². The van der Waals surface area contributed by atoms with Crippen LogP contribution < -0.4 is 0 Å². The summed E-state index contributed by atoms with van der Waals surface area (Å²) in [5.41, 5.74) is 13.9. The van der Waals surface area contributed by atoms with Crippen LogP contribution in [0.1, 0.15) is 115 Å². The van der Waals surface area contributed by atoms with Crippen LogP contribution in [0.25, 0.3) is 33.0 Å². The fraction of sp³-hybridized carbons (Fsp3) is 0.240.